The molecule has 0 saturated heterocycles. The summed E-state index contributed by atoms with van der Waals surface area (Å²) in [6.45, 7) is 3.17. The number of rotatable bonds is 5. The number of phosphoric acid groups is 1. The summed E-state index contributed by atoms with van der Waals surface area (Å²) in [6, 6.07) is 6.13. The Bertz CT molecular complexity index is 1200. The lowest BCUT2D eigenvalue weighted by molar-refractivity contribution is 0.211. The van der Waals surface area contributed by atoms with Crippen molar-refractivity contribution in [2.24, 2.45) is 5.92 Å². The molecule has 1 saturated carbocycles. The summed E-state index contributed by atoms with van der Waals surface area (Å²) < 4.78 is 50.7. The number of phosphoric ester groups is 1. The molecular formula is C20H18FN2O5P. The second-order valence-corrected chi connectivity index (χ2v) is 9.24. The first kappa shape index (κ1) is 17.3. The third-order valence-electron chi connectivity index (χ3n) is 5.65. The van der Waals surface area contributed by atoms with Gasteiger partial charge in [0, 0.05) is 12.2 Å². The molecule has 6 rings (SSSR count). The summed E-state index contributed by atoms with van der Waals surface area (Å²) in [5.41, 5.74) is 3.54. The molecule has 0 amide bonds. The zero-order valence-electron chi connectivity index (χ0n) is 15.7. The minimum atomic E-state index is -3.73. The molecule has 3 aromatic rings. The first-order valence-electron chi connectivity index (χ1n) is 9.57. The van der Waals surface area contributed by atoms with Gasteiger partial charge in [0.15, 0.2) is 0 Å². The van der Waals surface area contributed by atoms with Crippen LogP contribution in [0.3, 0.4) is 0 Å². The Morgan fingerprint density at radius 3 is 2.83 bits per heavy atom. The van der Waals surface area contributed by atoms with Crippen molar-refractivity contribution in [1.29, 1.82) is 0 Å². The molecule has 4 bridgehead atoms. The summed E-state index contributed by atoms with van der Waals surface area (Å²) in [5, 5.41) is 0.806. The van der Waals surface area contributed by atoms with Gasteiger partial charge in [-0.3, -0.25) is 4.52 Å². The molecule has 4 heterocycles. The second-order valence-electron chi connectivity index (χ2n) is 7.72. The Morgan fingerprint density at radius 1 is 1.28 bits per heavy atom. The van der Waals surface area contributed by atoms with Crippen LogP contribution in [0.2, 0.25) is 0 Å². The Balaban J connectivity index is 1.51. The molecule has 0 radical (unpaired) electrons. The summed E-state index contributed by atoms with van der Waals surface area (Å²) in [4.78, 5) is 4.47. The smallest absolute Gasteiger partial charge is 0.471 e. The van der Waals surface area contributed by atoms with Crippen molar-refractivity contribution in [1.82, 2.24) is 9.55 Å². The van der Waals surface area contributed by atoms with E-state index in [4.69, 9.17) is 18.3 Å². The Kier molecular flexibility index (Phi) is 3.56. The zero-order valence-corrected chi connectivity index (χ0v) is 16.6. The fourth-order valence-corrected chi connectivity index (χ4v) is 5.10. The predicted octanol–water partition coefficient (Wildman–Crippen LogP) is 4.88. The van der Waals surface area contributed by atoms with Crippen LogP contribution in [-0.2, 0) is 28.8 Å². The standard InChI is InChI=1S/C20H18FN2O5P/c1-11-15-10-26-29(24)27-18-16(11)17(23(15)8-12-2-3-12)19(22-20(18)28-29)25-9-13-4-6-14(21)7-5-13/h4-7,12H,2-3,8-10H2,1H3. The predicted molar refractivity (Wildman–Crippen MR) is 102 cm³/mol. The van der Waals surface area contributed by atoms with E-state index in [1.807, 2.05) is 6.92 Å². The fourth-order valence-electron chi connectivity index (χ4n) is 3.95. The first-order valence-corrected chi connectivity index (χ1v) is 11.0. The van der Waals surface area contributed by atoms with Crippen LogP contribution in [-0.4, -0.2) is 9.55 Å². The summed E-state index contributed by atoms with van der Waals surface area (Å²) in [5.74, 6) is 1.16. The fraction of sp³-hybridized carbons (Fsp3) is 0.350. The molecule has 1 fully saturated rings. The Labute approximate surface area is 166 Å². The van der Waals surface area contributed by atoms with Crippen molar-refractivity contribution in [3.05, 3.63) is 46.9 Å². The van der Waals surface area contributed by atoms with Crippen molar-refractivity contribution in [3.8, 4) is 17.5 Å². The molecule has 2 aliphatic heterocycles. The number of halogens is 1. The van der Waals surface area contributed by atoms with Gasteiger partial charge in [-0.2, -0.15) is 4.98 Å². The molecule has 29 heavy (non-hydrogen) atoms. The van der Waals surface area contributed by atoms with Gasteiger partial charge < -0.3 is 18.4 Å². The van der Waals surface area contributed by atoms with E-state index in [9.17, 15) is 8.96 Å². The Hall–Kier alpha value is -2.57. The topological polar surface area (TPSA) is 71.8 Å². The normalized spacial score (nSPS) is 21.9. The van der Waals surface area contributed by atoms with Gasteiger partial charge in [-0.25, -0.2) is 8.96 Å². The molecule has 7 nitrogen and oxygen atoms in total. The van der Waals surface area contributed by atoms with Crippen LogP contribution in [0.1, 0.15) is 29.7 Å². The average molecular weight is 416 g/mol. The SMILES string of the molecule is Cc1c2n(CC3CC3)c3c(OCc4ccc(F)cc4)nc4c(c13)OP(=O)(OC2)O4. The van der Waals surface area contributed by atoms with E-state index >= 15 is 0 Å². The van der Waals surface area contributed by atoms with Crippen LogP contribution in [0.4, 0.5) is 4.39 Å². The number of aromatic nitrogens is 2. The van der Waals surface area contributed by atoms with E-state index in [1.165, 1.54) is 25.0 Å². The molecule has 1 aromatic carbocycles. The molecule has 1 unspecified atom stereocenters. The van der Waals surface area contributed by atoms with Crippen molar-refractivity contribution >= 4 is 18.7 Å². The highest BCUT2D eigenvalue weighted by atomic mass is 31.2. The van der Waals surface area contributed by atoms with Crippen LogP contribution < -0.4 is 13.8 Å². The average Bonchev–Trinajstić information content (AvgIpc) is 3.37. The molecule has 2 aromatic heterocycles. The largest absolute Gasteiger partial charge is 0.589 e. The molecule has 0 spiro atoms. The number of aryl methyl sites for hydroxylation is 1. The third kappa shape index (κ3) is 2.74. The van der Waals surface area contributed by atoms with Crippen LogP contribution in [0.5, 0.6) is 17.5 Å². The van der Waals surface area contributed by atoms with Crippen molar-refractivity contribution in [2.45, 2.75) is 39.5 Å². The van der Waals surface area contributed by atoms with Crippen molar-refractivity contribution < 1.29 is 27.3 Å². The summed E-state index contributed by atoms with van der Waals surface area (Å²) in [6.07, 6.45) is 2.36. The van der Waals surface area contributed by atoms with E-state index in [0.717, 1.165) is 34.3 Å². The van der Waals surface area contributed by atoms with Crippen LogP contribution in [0, 0.1) is 18.7 Å². The summed E-state index contributed by atoms with van der Waals surface area (Å²) >= 11 is 0. The number of nitrogens with zero attached hydrogens (tertiary/aromatic N) is 2. The zero-order chi connectivity index (χ0) is 19.8. The van der Waals surface area contributed by atoms with Crippen LogP contribution in [0.15, 0.2) is 24.3 Å². The van der Waals surface area contributed by atoms with Gasteiger partial charge >= 0.3 is 7.82 Å². The third-order valence-corrected chi connectivity index (χ3v) is 6.90. The highest BCUT2D eigenvalue weighted by Crippen LogP contribution is 2.63. The van der Waals surface area contributed by atoms with Crippen molar-refractivity contribution in [3.63, 3.8) is 0 Å². The molecule has 150 valence electrons. The number of ether oxygens (including phenoxy) is 1. The van der Waals surface area contributed by atoms with E-state index in [0.29, 0.717) is 17.5 Å². The monoisotopic (exact) mass is 416 g/mol. The lowest BCUT2D eigenvalue weighted by Gasteiger charge is -2.15. The molecule has 1 aliphatic carbocycles. The van der Waals surface area contributed by atoms with Crippen molar-refractivity contribution in [2.75, 3.05) is 0 Å². The van der Waals surface area contributed by atoms with E-state index in [2.05, 4.69) is 9.55 Å². The highest BCUT2D eigenvalue weighted by Gasteiger charge is 2.46. The minimum absolute atomic E-state index is 0.120. The minimum Gasteiger partial charge on any atom is -0.471 e. The lowest BCUT2D eigenvalue weighted by atomic mass is 10.1. The first-order chi connectivity index (χ1) is 14.0. The van der Waals surface area contributed by atoms with Gasteiger partial charge in [0.25, 0.3) is 5.88 Å². The van der Waals surface area contributed by atoms with Gasteiger partial charge in [-0.05, 0) is 48.9 Å². The molecule has 0 N–H and O–H groups in total. The molecular weight excluding hydrogens is 398 g/mol. The second kappa shape index (κ2) is 5.97. The van der Waals surface area contributed by atoms with E-state index < -0.39 is 7.82 Å². The van der Waals surface area contributed by atoms with E-state index in [1.54, 1.807) is 12.1 Å². The lowest BCUT2D eigenvalue weighted by Crippen LogP contribution is -2.10. The maximum absolute atomic E-state index is 13.2. The van der Waals surface area contributed by atoms with Gasteiger partial charge in [-0.15, -0.1) is 0 Å². The van der Waals surface area contributed by atoms with Gasteiger partial charge in [0.05, 0.1) is 5.39 Å². The molecule has 1 atom stereocenters. The Morgan fingerprint density at radius 2 is 2.07 bits per heavy atom. The van der Waals surface area contributed by atoms with Crippen LogP contribution in [0.25, 0.3) is 10.9 Å². The number of benzene rings is 1. The van der Waals surface area contributed by atoms with Crippen LogP contribution >= 0.6 is 7.82 Å². The summed E-state index contributed by atoms with van der Waals surface area (Å²) in [7, 11) is -3.73. The number of fused-ring (bicyclic) bond motifs is 2. The van der Waals surface area contributed by atoms with E-state index in [-0.39, 0.29) is 24.9 Å². The number of pyridine rings is 1. The van der Waals surface area contributed by atoms with Gasteiger partial charge in [0.2, 0.25) is 11.6 Å². The maximum Gasteiger partial charge on any atom is 0.589 e. The van der Waals surface area contributed by atoms with Gasteiger partial charge in [-0.1, -0.05) is 12.1 Å². The molecule has 9 heteroatoms. The number of hydrogen-bond donors (Lipinski definition) is 0. The molecule has 3 aliphatic rings. The maximum atomic E-state index is 13.2. The highest BCUT2D eigenvalue weighted by molar-refractivity contribution is 7.49. The quantitative estimate of drug-likeness (QED) is 0.552. The number of hydrogen-bond acceptors (Lipinski definition) is 6. The van der Waals surface area contributed by atoms with Gasteiger partial charge in [0.1, 0.15) is 24.5 Å².